The number of hydrogen-bond donors (Lipinski definition) is 1. The summed E-state index contributed by atoms with van der Waals surface area (Å²) in [6.07, 6.45) is 1.33. The minimum atomic E-state index is -0.378. The molecule has 1 atom stereocenters. The van der Waals surface area contributed by atoms with Crippen molar-refractivity contribution >= 4 is 12.3 Å². The van der Waals surface area contributed by atoms with Gasteiger partial charge in [-0.2, -0.15) is 0 Å². The molecule has 0 saturated heterocycles. The normalized spacial score (nSPS) is 21.7. The molecule has 5 heteroatoms. The summed E-state index contributed by atoms with van der Waals surface area (Å²) in [4.78, 5) is 12.1. The lowest BCUT2D eigenvalue weighted by Gasteiger charge is -2.16. The van der Waals surface area contributed by atoms with Crippen LogP contribution in [0.15, 0.2) is 5.10 Å². The summed E-state index contributed by atoms with van der Waals surface area (Å²) >= 11 is 0. The van der Waals surface area contributed by atoms with Gasteiger partial charge in [0, 0.05) is 7.05 Å². The third kappa shape index (κ3) is 1.66. The van der Waals surface area contributed by atoms with Crippen LogP contribution < -0.4 is 5.43 Å². The van der Waals surface area contributed by atoms with Gasteiger partial charge in [0.05, 0.1) is 6.61 Å². The molecule has 1 N–H and O–H groups in total. The van der Waals surface area contributed by atoms with Crippen LogP contribution in [-0.4, -0.2) is 37.0 Å². The zero-order chi connectivity index (χ0) is 8.97. The number of nitrogens with one attached hydrogen (secondary N) is 1. The maximum absolute atomic E-state index is 10.4. The average Bonchev–Trinajstić information content (AvgIpc) is 2.43. The predicted molar refractivity (Wildman–Crippen MR) is 44.4 cm³/mol. The Morgan fingerprint density at radius 2 is 2.58 bits per heavy atom. The van der Waals surface area contributed by atoms with Gasteiger partial charge in [0.1, 0.15) is 0 Å². The highest BCUT2D eigenvalue weighted by atomic mass is 16.5. The number of carbonyl (C=O) groups excluding carboxylic acids is 1. The fourth-order valence-electron chi connectivity index (χ4n) is 0.855. The predicted octanol–water partition coefficient (Wildman–Crippen LogP) is -0.256. The third-order valence-electron chi connectivity index (χ3n) is 1.58. The Hall–Kier alpha value is -1.26. The Kier molecular flexibility index (Phi) is 2.90. The number of carbonyl (C=O) groups is 1. The molecule has 0 aromatic rings. The van der Waals surface area contributed by atoms with Gasteiger partial charge in [-0.3, -0.25) is 10.2 Å². The molecule has 1 unspecified atom stereocenters. The van der Waals surface area contributed by atoms with Gasteiger partial charge in [0.2, 0.25) is 0 Å². The first-order chi connectivity index (χ1) is 5.79. The van der Waals surface area contributed by atoms with Crippen molar-refractivity contribution < 1.29 is 9.53 Å². The van der Waals surface area contributed by atoms with Crippen molar-refractivity contribution in [3.63, 3.8) is 0 Å². The van der Waals surface area contributed by atoms with E-state index in [-0.39, 0.29) is 6.17 Å². The zero-order valence-corrected chi connectivity index (χ0v) is 7.28. The average molecular weight is 171 g/mol. The molecular weight excluding hydrogens is 158 g/mol. The van der Waals surface area contributed by atoms with E-state index < -0.39 is 0 Å². The van der Waals surface area contributed by atoms with Crippen LogP contribution in [-0.2, 0) is 9.53 Å². The molecule has 1 aliphatic rings. The molecule has 1 heterocycles. The van der Waals surface area contributed by atoms with Crippen molar-refractivity contribution in [3.8, 4) is 0 Å². The molecule has 0 radical (unpaired) electrons. The quantitative estimate of drug-likeness (QED) is 0.595. The molecule has 12 heavy (non-hydrogen) atoms. The van der Waals surface area contributed by atoms with Crippen LogP contribution in [0.5, 0.6) is 0 Å². The Morgan fingerprint density at radius 3 is 3.08 bits per heavy atom. The van der Waals surface area contributed by atoms with Gasteiger partial charge in [-0.05, 0) is 6.42 Å². The minimum Gasteiger partial charge on any atom is -0.464 e. The van der Waals surface area contributed by atoms with Crippen molar-refractivity contribution in [1.82, 2.24) is 10.3 Å². The van der Waals surface area contributed by atoms with E-state index in [9.17, 15) is 4.79 Å². The van der Waals surface area contributed by atoms with Crippen LogP contribution in [0.2, 0.25) is 0 Å². The van der Waals surface area contributed by atoms with Crippen LogP contribution in [0.3, 0.4) is 0 Å². The molecule has 1 aliphatic heterocycles. The van der Waals surface area contributed by atoms with Gasteiger partial charge < -0.3 is 9.64 Å². The summed E-state index contributed by atoms with van der Waals surface area (Å²) in [5.74, 6) is 0. The van der Waals surface area contributed by atoms with Crippen molar-refractivity contribution in [2.75, 3.05) is 13.7 Å². The summed E-state index contributed by atoms with van der Waals surface area (Å²) in [6, 6.07) is 0.481. The molecule has 0 bridgehead atoms. The Labute approximate surface area is 71.4 Å². The Morgan fingerprint density at radius 1 is 1.83 bits per heavy atom. The van der Waals surface area contributed by atoms with E-state index in [4.69, 9.17) is 4.74 Å². The van der Waals surface area contributed by atoms with Crippen LogP contribution in [0, 0.1) is 0 Å². The van der Waals surface area contributed by atoms with E-state index in [2.05, 4.69) is 10.5 Å². The number of hydrazone groups is 1. The van der Waals surface area contributed by atoms with E-state index in [1.807, 2.05) is 6.92 Å². The number of ether oxygens (including phenoxy) is 1. The van der Waals surface area contributed by atoms with Crippen LogP contribution in [0.4, 0.5) is 0 Å². The number of nitrogens with zero attached hydrogens (tertiary/aromatic N) is 2. The lowest BCUT2D eigenvalue weighted by atomic mass is 10.5. The summed E-state index contributed by atoms with van der Waals surface area (Å²) in [6.45, 7) is 2.64. The topological polar surface area (TPSA) is 53.9 Å². The summed E-state index contributed by atoms with van der Waals surface area (Å²) in [5.41, 5.74) is 2.64. The maximum atomic E-state index is 10.4. The number of amidine groups is 1. The molecule has 0 fully saturated rings. The van der Waals surface area contributed by atoms with E-state index in [0.29, 0.717) is 12.6 Å². The molecular formula is C7H13N3O2. The van der Waals surface area contributed by atoms with Crippen molar-refractivity contribution in [2.24, 2.45) is 5.10 Å². The van der Waals surface area contributed by atoms with Crippen LogP contribution in [0.25, 0.3) is 0 Å². The third-order valence-corrected chi connectivity index (χ3v) is 1.58. The van der Waals surface area contributed by atoms with Gasteiger partial charge in [-0.25, -0.2) is 0 Å². The fourth-order valence-corrected chi connectivity index (χ4v) is 0.855. The molecule has 0 aromatic heterocycles. The second kappa shape index (κ2) is 3.94. The number of aldehydes is 1. The molecule has 0 aliphatic carbocycles. The lowest BCUT2D eigenvalue weighted by molar-refractivity contribution is -0.111. The highest BCUT2D eigenvalue weighted by molar-refractivity contribution is 5.79. The standard InChI is InChI=1S/C7H13N3O2/c1-3-4-12-7-9-8-6(5-11)10(7)2/h5-6,8H,3-4H2,1-2H3. The largest absolute Gasteiger partial charge is 0.464 e. The second-order valence-corrected chi connectivity index (χ2v) is 2.56. The van der Waals surface area contributed by atoms with Crippen LogP contribution in [0.1, 0.15) is 13.3 Å². The smallest absolute Gasteiger partial charge is 0.310 e. The first-order valence-corrected chi connectivity index (χ1v) is 3.93. The number of rotatable bonds is 3. The Bertz CT molecular complexity index is 193. The molecule has 68 valence electrons. The zero-order valence-electron chi connectivity index (χ0n) is 7.28. The highest BCUT2D eigenvalue weighted by Crippen LogP contribution is 2.01. The van der Waals surface area contributed by atoms with E-state index in [1.165, 1.54) is 0 Å². The summed E-state index contributed by atoms with van der Waals surface area (Å²) in [7, 11) is 1.76. The Balaban J connectivity index is 2.41. The van der Waals surface area contributed by atoms with Gasteiger partial charge in [0.15, 0.2) is 12.5 Å². The second-order valence-electron chi connectivity index (χ2n) is 2.56. The molecule has 0 amide bonds. The van der Waals surface area contributed by atoms with E-state index in [1.54, 1.807) is 11.9 Å². The van der Waals surface area contributed by atoms with E-state index in [0.717, 1.165) is 12.7 Å². The first-order valence-electron chi connectivity index (χ1n) is 3.93. The van der Waals surface area contributed by atoms with E-state index >= 15 is 0 Å². The molecule has 5 nitrogen and oxygen atoms in total. The number of hydrogen-bond acceptors (Lipinski definition) is 5. The fraction of sp³-hybridized carbons (Fsp3) is 0.714. The van der Waals surface area contributed by atoms with Gasteiger partial charge in [-0.1, -0.05) is 6.92 Å². The maximum Gasteiger partial charge on any atom is 0.310 e. The summed E-state index contributed by atoms with van der Waals surface area (Å²) < 4.78 is 5.25. The van der Waals surface area contributed by atoms with Gasteiger partial charge in [-0.15, -0.1) is 5.10 Å². The monoisotopic (exact) mass is 171 g/mol. The molecule has 1 rings (SSSR count). The summed E-state index contributed by atoms with van der Waals surface area (Å²) in [5, 5.41) is 3.85. The minimum absolute atomic E-state index is 0.378. The molecule has 0 spiro atoms. The number of likely N-dealkylation sites (N-methyl/N-ethyl adjacent to an activating group) is 1. The molecule has 0 saturated carbocycles. The van der Waals surface area contributed by atoms with Crippen molar-refractivity contribution in [2.45, 2.75) is 19.5 Å². The lowest BCUT2D eigenvalue weighted by Crippen LogP contribution is -2.39. The first kappa shape index (κ1) is 8.83. The van der Waals surface area contributed by atoms with Gasteiger partial charge >= 0.3 is 6.02 Å². The van der Waals surface area contributed by atoms with Gasteiger partial charge in [0.25, 0.3) is 0 Å². The van der Waals surface area contributed by atoms with Crippen LogP contribution >= 0.6 is 0 Å². The van der Waals surface area contributed by atoms with Crippen molar-refractivity contribution in [1.29, 1.82) is 0 Å². The highest BCUT2D eigenvalue weighted by Gasteiger charge is 2.24. The SMILES string of the molecule is CCCOC1=NNC(C=O)N1C. The van der Waals surface area contributed by atoms with Crippen molar-refractivity contribution in [3.05, 3.63) is 0 Å². The molecule has 0 aromatic carbocycles.